The molecule has 0 N–H and O–H groups in total. The fraction of sp³-hybridized carbons (Fsp3) is 0.238. The highest BCUT2D eigenvalue weighted by Gasteiger charge is 2.11. The number of carbonyl (C=O) groups excluding carboxylic acids is 1. The molecule has 0 aliphatic carbocycles. The monoisotopic (exact) mass is 350 g/mol. The number of pyridine rings is 1. The van der Waals surface area contributed by atoms with E-state index < -0.39 is 0 Å². The van der Waals surface area contributed by atoms with Gasteiger partial charge in [0.15, 0.2) is 6.61 Å². The number of rotatable bonds is 5. The van der Waals surface area contributed by atoms with E-state index in [0.717, 1.165) is 21.9 Å². The standard InChI is InChI=1S/C21H22N2O3/c1-4-22(2)21(25)14-26-17-11-15-7-5-6-8-18(15)19(12-17)16-9-10-20(24)23(3)13-16/h5-13H,4,14H2,1-3H3. The lowest BCUT2D eigenvalue weighted by molar-refractivity contribution is -0.131. The molecule has 0 fully saturated rings. The Kier molecular flexibility index (Phi) is 5.07. The molecule has 2 aromatic carbocycles. The van der Waals surface area contributed by atoms with Gasteiger partial charge in [0, 0.05) is 32.9 Å². The van der Waals surface area contributed by atoms with Gasteiger partial charge in [-0.05, 0) is 47.0 Å². The molecule has 26 heavy (non-hydrogen) atoms. The lowest BCUT2D eigenvalue weighted by Gasteiger charge is -2.16. The van der Waals surface area contributed by atoms with Gasteiger partial charge in [-0.2, -0.15) is 0 Å². The summed E-state index contributed by atoms with van der Waals surface area (Å²) in [7, 11) is 3.48. The van der Waals surface area contributed by atoms with E-state index in [2.05, 4.69) is 0 Å². The van der Waals surface area contributed by atoms with Crippen LogP contribution >= 0.6 is 0 Å². The number of aromatic nitrogens is 1. The zero-order chi connectivity index (χ0) is 18.7. The second-order valence-electron chi connectivity index (χ2n) is 6.26. The largest absolute Gasteiger partial charge is 0.484 e. The highest BCUT2D eigenvalue weighted by atomic mass is 16.5. The van der Waals surface area contributed by atoms with Crippen LogP contribution in [0.5, 0.6) is 5.75 Å². The van der Waals surface area contributed by atoms with Gasteiger partial charge in [0.05, 0.1) is 0 Å². The Morgan fingerprint density at radius 3 is 2.65 bits per heavy atom. The quantitative estimate of drug-likeness (QED) is 0.711. The maximum atomic E-state index is 12.0. The molecule has 0 spiro atoms. The van der Waals surface area contributed by atoms with Crippen molar-refractivity contribution < 1.29 is 9.53 Å². The highest BCUT2D eigenvalue weighted by Crippen LogP contribution is 2.32. The molecule has 0 aliphatic heterocycles. The first-order valence-corrected chi connectivity index (χ1v) is 8.56. The van der Waals surface area contributed by atoms with Crippen LogP contribution in [0.2, 0.25) is 0 Å². The molecule has 0 atom stereocenters. The number of hydrogen-bond acceptors (Lipinski definition) is 3. The van der Waals surface area contributed by atoms with Crippen molar-refractivity contribution in [3.63, 3.8) is 0 Å². The molecule has 0 radical (unpaired) electrons. The summed E-state index contributed by atoms with van der Waals surface area (Å²) in [4.78, 5) is 25.3. The molecule has 5 nitrogen and oxygen atoms in total. The van der Waals surface area contributed by atoms with E-state index in [4.69, 9.17) is 4.74 Å². The van der Waals surface area contributed by atoms with Crippen LogP contribution in [0.4, 0.5) is 0 Å². The third kappa shape index (κ3) is 3.61. The summed E-state index contributed by atoms with van der Waals surface area (Å²) in [5.41, 5.74) is 1.83. The average Bonchev–Trinajstić information content (AvgIpc) is 2.66. The second-order valence-corrected chi connectivity index (χ2v) is 6.26. The lowest BCUT2D eigenvalue weighted by atomic mass is 9.99. The molecule has 0 unspecified atom stereocenters. The number of amides is 1. The summed E-state index contributed by atoms with van der Waals surface area (Å²) in [6, 6.07) is 15.2. The summed E-state index contributed by atoms with van der Waals surface area (Å²) in [5.74, 6) is 0.565. The van der Waals surface area contributed by atoms with Crippen LogP contribution in [0.3, 0.4) is 0 Å². The summed E-state index contributed by atoms with van der Waals surface area (Å²) >= 11 is 0. The van der Waals surface area contributed by atoms with Crippen LogP contribution < -0.4 is 10.3 Å². The van der Waals surface area contributed by atoms with E-state index in [9.17, 15) is 9.59 Å². The Labute approximate surface area is 152 Å². The van der Waals surface area contributed by atoms with Crippen LogP contribution in [-0.2, 0) is 11.8 Å². The van der Waals surface area contributed by atoms with Gasteiger partial charge in [0.25, 0.3) is 5.91 Å². The van der Waals surface area contributed by atoms with E-state index in [-0.39, 0.29) is 18.1 Å². The molecule has 3 aromatic rings. The van der Waals surface area contributed by atoms with Crippen molar-refractivity contribution in [2.75, 3.05) is 20.2 Å². The fourth-order valence-corrected chi connectivity index (χ4v) is 2.79. The molecule has 134 valence electrons. The van der Waals surface area contributed by atoms with E-state index in [1.165, 1.54) is 0 Å². The van der Waals surface area contributed by atoms with Crippen molar-refractivity contribution in [2.24, 2.45) is 7.05 Å². The third-order valence-electron chi connectivity index (χ3n) is 4.49. The summed E-state index contributed by atoms with van der Waals surface area (Å²) in [6.45, 7) is 2.56. The first-order chi connectivity index (χ1) is 12.5. The Bertz CT molecular complexity index is 1010. The number of nitrogens with zero attached hydrogens (tertiary/aromatic N) is 2. The lowest BCUT2D eigenvalue weighted by Crippen LogP contribution is -2.31. The summed E-state index contributed by atoms with van der Waals surface area (Å²) in [5, 5.41) is 2.08. The predicted molar refractivity (Wildman–Crippen MR) is 103 cm³/mol. The first kappa shape index (κ1) is 17.7. The maximum absolute atomic E-state index is 12.0. The highest BCUT2D eigenvalue weighted by molar-refractivity contribution is 5.97. The van der Waals surface area contributed by atoms with E-state index in [1.54, 1.807) is 29.6 Å². The number of ether oxygens (including phenoxy) is 1. The van der Waals surface area contributed by atoms with Crippen LogP contribution in [0.1, 0.15) is 6.92 Å². The van der Waals surface area contributed by atoms with Gasteiger partial charge in [0.1, 0.15) is 5.75 Å². The van der Waals surface area contributed by atoms with Gasteiger partial charge in [-0.3, -0.25) is 9.59 Å². The Morgan fingerprint density at radius 2 is 1.92 bits per heavy atom. The van der Waals surface area contributed by atoms with Gasteiger partial charge in [-0.15, -0.1) is 0 Å². The van der Waals surface area contributed by atoms with Gasteiger partial charge in [-0.1, -0.05) is 24.3 Å². The van der Waals surface area contributed by atoms with E-state index >= 15 is 0 Å². The molecule has 3 rings (SSSR count). The third-order valence-corrected chi connectivity index (χ3v) is 4.49. The Hall–Kier alpha value is -3.08. The zero-order valence-electron chi connectivity index (χ0n) is 15.2. The number of fused-ring (bicyclic) bond motifs is 1. The van der Waals surface area contributed by atoms with Gasteiger partial charge < -0.3 is 14.2 Å². The van der Waals surface area contributed by atoms with Crippen LogP contribution in [0.15, 0.2) is 59.5 Å². The topological polar surface area (TPSA) is 51.5 Å². The van der Waals surface area contributed by atoms with Gasteiger partial charge >= 0.3 is 0 Å². The van der Waals surface area contributed by atoms with Crippen LogP contribution in [0, 0.1) is 0 Å². The summed E-state index contributed by atoms with van der Waals surface area (Å²) < 4.78 is 7.31. The molecule has 0 aliphatic rings. The van der Waals surface area contributed by atoms with E-state index in [1.807, 2.05) is 55.6 Å². The molecule has 0 saturated carbocycles. The normalized spacial score (nSPS) is 10.7. The first-order valence-electron chi connectivity index (χ1n) is 8.56. The minimum absolute atomic E-state index is 0.00457. The minimum atomic E-state index is -0.0654. The fourth-order valence-electron chi connectivity index (χ4n) is 2.79. The Morgan fingerprint density at radius 1 is 1.15 bits per heavy atom. The predicted octanol–water partition coefficient (Wildman–Crippen LogP) is 3.06. The Balaban J connectivity index is 2.03. The average molecular weight is 350 g/mol. The van der Waals surface area contributed by atoms with Crippen molar-refractivity contribution >= 4 is 16.7 Å². The molecule has 1 aromatic heterocycles. The minimum Gasteiger partial charge on any atom is -0.484 e. The smallest absolute Gasteiger partial charge is 0.260 e. The van der Waals surface area contributed by atoms with Crippen LogP contribution in [0.25, 0.3) is 21.9 Å². The molecule has 1 amide bonds. The van der Waals surface area contributed by atoms with Crippen molar-refractivity contribution in [3.05, 3.63) is 65.1 Å². The number of hydrogen-bond donors (Lipinski definition) is 0. The zero-order valence-corrected chi connectivity index (χ0v) is 15.2. The second kappa shape index (κ2) is 7.44. The molecule has 0 bridgehead atoms. The van der Waals surface area contributed by atoms with Crippen molar-refractivity contribution in [2.45, 2.75) is 6.92 Å². The van der Waals surface area contributed by atoms with Crippen molar-refractivity contribution in [1.29, 1.82) is 0 Å². The molecule has 1 heterocycles. The van der Waals surface area contributed by atoms with E-state index in [0.29, 0.717) is 12.3 Å². The number of carbonyl (C=O) groups is 1. The molecular formula is C21H22N2O3. The maximum Gasteiger partial charge on any atom is 0.260 e. The molecule has 5 heteroatoms. The van der Waals surface area contributed by atoms with Gasteiger partial charge in [-0.25, -0.2) is 0 Å². The number of benzene rings is 2. The van der Waals surface area contributed by atoms with Crippen LogP contribution in [-0.4, -0.2) is 35.6 Å². The van der Waals surface area contributed by atoms with Crippen molar-refractivity contribution in [1.82, 2.24) is 9.47 Å². The number of likely N-dealkylation sites (N-methyl/N-ethyl adjacent to an activating group) is 1. The summed E-state index contributed by atoms with van der Waals surface area (Å²) in [6.07, 6.45) is 1.81. The molecular weight excluding hydrogens is 328 g/mol. The molecule has 0 saturated heterocycles. The van der Waals surface area contributed by atoms with Gasteiger partial charge in [0.2, 0.25) is 5.56 Å². The number of aryl methyl sites for hydroxylation is 1. The SMILES string of the molecule is CCN(C)C(=O)COc1cc(-c2ccc(=O)n(C)c2)c2ccccc2c1. The van der Waals surface area contributed by atoms with Crippen molar-refractivity contribution in [3.8, 4) is 16.9 Å².